The van der Waals surface area contributed by atoms with Crippen LogP contribution in [0.15, 0.2) is 58.6 Å². The van der Waals surface area contributed by atoms with Crippen molar-refractivity contribution in [3.05, 3.63) is 54.1 Å². The molecule has 0 aliphatic carbocycles. The van der Waals surface area contributed by atoms with Crippen LogP contribution in [0.2, 0.25) is 0 Å². The number of para-hydroxylation sites is 1. The largest absolute Gasteiger partial charge is 0.507 e. The van der Waals surface area contributed by atoms with E-state index in [9.17, 15) is 14.7 Å². The van der Waals surface area contributed by atoms with Crippen LogP contribution in [0.25, 0.3) is 0 Å². The van der Waals surface area contributed by atoms with Gasteiger partial charge in [0, 0.05) is 11.3 Å². The van der Waals surface area contributed by atoms with E-state index in [0.29, 0.717) is 17.0 Å². The topological polar surface area (TPSA) is 124 Å². The van der Waals surface area contributed by atoms with Gasteiger partial charge < -0.3 is 15.2 Å². The number of nitrogens with zero attached hydrogens (tertiary/aromatic N) is 2. The number of aliphatic imine (C=N–C) groups is 1. The van der Waals surface area contributed by atoms with Gasteiger partial charge in [-0.15, -0.1) is 0 Å². The number of carbonyl (C=O) groups excluding carboxylic acids is 2. The lowest BCUT2D eigenvalue weighted by Crippen LogP contribution is -2.35. The Morgan fingerprint density at radius 2 is 2.04 bits per heavy atom. The zero-order chi connectivity index (χ0) is 19.9. The molecule has 0 bridgehead atoms. The Bertz CT molecular complexity index is 924. The second-order valence-electron chi connectivity index (χ2n) is 5.89. The van der Waals surface area contributed by atoms with Gasteiger partial charge in [-0.2, -0.15) is 5.10 Å². The summed E-state index contributed by atoms with van der Waals surface area (Å²) in [5, 5.41) is 18.8. The van der Waals surface area contributed by atoms with Gasteiger partial charge in [0.25, 0.3) is 5.91 Å². The minimum Gasteiger partial charge on any atom is -0.507 e. The normalized spacial score (nSPS) is 15.8. The zero-order valence-corrected chi connectivity index (χ0v) is 15.0. The van der Waals surface area contributed by atoms with Crippen molar-refractivity contribution in [1.29, 1.82) is 0 Å². The highest BCUT2D eigenvalue weighted by atomic mass is 16.5. The highest BCUT2D eigenvalue weighted by Gasteiger charge is 2.28. The quantitative estimate of drug-likeness (QED) is 0.442. The van der Waals surface area contributed by atoms with E-state index in [4.69, 9.17) is 4.74 Å². The Kier molecular flexibility index (Phi) is 5.85. The summed E-state index contributed by atoms with van der Waals surface area (Å²) in [7, 11) is 1.56. The van der Waals surface area contributed by atoms with E-state index in [0.717, 1.165) is 0 Å². The second-order valence-corrected chi connectivity index (χ2v) is 5.89. The fourth-order valence-corrected chi connectivity index (χ4v) is 2.46. The first-order chi connectivity index (χ1) is 13.5. The zero-order valence-electron chi connectivity index (χ0n) is 15.0. The van der Waals surface area contributed by atoms with E-state index >= 15 is 0 Å². The number of carbonyl (C=O) groups is 2. The molecule has 1 heterocycles. The summed E-state index contributed by atoms with van der Waals surface area (Å²) in [4.78, 5) is 28.3. The number of guanidine groups is 1. The summed E-state index contributed by atoms with van der Waals surface area (Å²) in [5.41, 5.74) is 3.69. The van der Waals surface area contributed by atoms with E-state index in [2.05, 4.69) is 26.2 Å². The number of aromatic hydroxyl groups is 1. The highest BCUT2D eigenvalue weighted by Crippen LogP contribution is 2.16. The summed E-state index contributed by atoms with van der Waals surface area (Å²) in [6, 6.07) is 12.7. The van der Waals surface area contributed by atoms with Crippen LogP contribution in [0.3, 0.4) is 0 Å². The first-order valence-corrected chi connectivity index (χ1v) is 8.45. The molecule has 2 aromatic rings. The molecule has 0 saturated heterocycles. The van der Waals surface area contributed by atoms with Gasteiger partial charge in [-0.3, -0.25) is 14.9 Å². The van der Waals surface area contributed by atoms with Gasteiger partial charge in [-0.25, -0.2) is 10.4 Å². The Labute approximate surface area is 161 Å². The van der Waals surface area contributed by atoms with Crippen molar-refractivity contribution in [3.8, 4) is 11.5 Å². The fourth-order valence-electron chi connectivity index (χ4n) is 2.46. The molecule has 2 aromatic carbocycles. The minimum absolute atomic E-state index is 0.0820. The van der Waals surface area contributed by atoms with E-state index in [1.165, 1.54) is 12.3 Å². The van der Waals surface area contributed by atoms with Crippen LogP contribution in [-0.4, -0.2) is 42.2 Å². The van der Waals surface area contributed by atoms with Gasteiger partial charge in [0.2, 0.25) is 11.9 Å². The molecule has 9 heteroatoms. The molecule has 0 radical (unpaired) electrons. The van der Waals surface area contributed by atoms with Crippen molar-refractivity contribution < 1.29 is 19.4 Å². The van der Waals surface area contributed by atoms with Gasteiger partial charge >= 0.3 is 0 Å². The average molecular weight is 381 g/mol. The molecule has 4 N–H and O–H groups in total. The maximum atomic E-state index is 12.1. The van der Waals surface area contributed by atoms with Crippen molar-refractivity contribution in [3.63, 3.8) is 0 Å². The molecule has 1 aliphatic rings. The molecule has 0 saturated carbocycles. The molecule has 28 heavy (non-hydrogen) atoms. The summed E-state index contributed by atoms with van der Waals surface area (Å²) in [5.74, 6) is 0.161. The standard InChI is InChI=1S/C19H19N5O4/c1-28-14-8-6-13(7-9-14)21-17(26)10-15-18(27)23-19(22-15)24-20-11-12-4-2-3-5-16(12)25/h2-9,11,15,25H,10H2,1H3,(H,21,26)(H2,22,23,24,27). The molecule has 1 aliphatic heterocycles. The van der Waals surface area contributed by atoms with Gasteiger partial charge in [0.05, 0.1) is 19.7 Å². The number of rotatable bonds is 6. The number of hydrogen-bond donors (Lipinski definition) is 4. The van der Waals surface area contributed by atoms with Crippen LogP contribution in [0.1, 0.15) is 12.0 Å². The molecule has 9 nitrogen and oxygen atoms in total. The maximum Gasteiger partial charge on any atom is 0.252 e. The van der Waals surface area contributed by atoms with E-state index in [-0.39, 0.29) is 24.0 Å². The summed E-state index contributed by atoms with van der Waals surface area (Å²) in [6.07, 6.45) is 1.29. The number of ether oxygens (including phenoxy) is 1. The van der Waals surface area contributed by atoms with Crippen LogP contribution in [0, 0.1) is 0 Å². The summed E-state index contributed by atoms with van der Waals surface area (Å²) < 4.78 is 5.06. The van der Waals surface area contributed by atoms with E-state index in [1.54, 1.807) is 49.6 Å². The number of methoxy groups -OCH3 is 1. The lowest BCUT2D eigenvalue weighted by atomic mass is 10.2. The molecule has 0 spiro atoms. The van der Waals surface area contributed by atoms with E-state index in [1.807, 2.05) is 0 Å². The monoisotopic (exact) mass is 381 g/mol. The Morgan fingerprint density at radius 3 is 2.75 bits per heavy atom. The third-order valence-electron chi connectivity index (χ3n) is 3.89. The first-order valence-electron chi connectivity index (χ1n) is 8.45. The molecule has 1 atom stereocenters. The third kappa shape index (κ3) is 4.85. The number of phenols is 1. The van der Waals surface area contributed by atoms with Crippen molar-refractivity contribution >= 4 is 29.7 Å². The van der Waals surface area contributed by atoms with Crippen LogP contribution in [0.5, 0.6) is 11.5 Å². The van der Waals surface area contributed by atoms with Crippen LogP contribution in [-0.2, 0) is 9.59 Å². The Balaban J connectivity index is 1.54. The number of hydrazone groups is 1. The van der Waals surface area contributed by atoms with Crippen molar-refractivity contribution in [1.82, 2.24) is 10.7 Å². The fraction of sp³-hybridized carbons (Fsp3) is 0.158. The number of benzene rings is 2. The lowest BCUT2D eigenvalue weighted by Gasteiger charge is -2.07. The molecule has 0 fully saturated rings. The predicted molar refractivity (Wildman–Crippen MR) is 104 cm³/mol. The van der Waals surface area contributed by atoms with Crippen molar-refractivity contribution in [2.75, 3.05) is 12.4 Å². The first kappa shape index (κ1) is 18.9. The smallest absolute Gasteiger partial charge is 0.252 e. The van der Waals surface area contributed by atoms with Crippen LogP contribution < -0.4 is 20.8 Å². The molecule has 2 amide bonds. The molecular weight excluding hydrogens is 362 g/mol. The van der Waals surface area contributed by atoms with Gasteiger partial charge in [0.1, 0.15) is 17.5 Å². The molecule has 3 rings (SSSR count). The van der Waals surface area contributed by atoms with Crippen LogP contribution in [0.4, 0.5) is 5.69 Å². The SMILES string of the molecule is COc1ccc(NC(=O)CC2N=C(NN=Cc3ccccc3O)NC2=O)cc1. The number of phenolic OH excluding ortho intramolecular Hbond substituents is 1. The third-order valence-corrected chi connectivity index (χ3v) is 3.89. The minimum atomic E-state index is -0.846. The predicted octanol–water partition coefficient (Wildman–Crippen LogP) is 1.21. The Hall–Kier alpha value is -3.88. The van der Waals surface area contributed by atoms with Gasteiger partial charge in [-0.1, -0.05) is 12.1 Å². The molecule has 144 valence electrons. The highest BCUT2D eigenvalue weighted by molar-refractivity contribution is 6.07. The second kappa shape index (κ2) is 8.67. The number of nitrogens with one attached hydrogen (secondary N) is 3. The number of hydrogen-bond acceptors (Lipinski definition) is 7. The van der Waals surface area contributed by atoms with Crippen LogP contribution >= 0.6 is 0 Å². The Morgan fingerprint density at radius 1 is 1.29 bits per heavy atom. The lowest BCUT2D eigenvalue weighted by molar-refractivity contribution is -0.123. The van der Waals surface area contributed by atoms with E-state index < -0.39 is 11.9 Å². The maximum absolute atomic E-state index is 12.1. The molecule has 1 unspecified atom stereocenters. The van der Waals surface area contributed by atoms with Crippen molar-refractivity contribution in [2.24, 2.45) is 10.1 Å². The number of amides is 2. The molecular formula is C19H19N5O4. The number of anilines is 1. The van der Waals surface area contributed by atoms with Gasteiger partial charge in [0.15, 0.2) is 0 Å². The summed E-state index contributed by atoms with van der Waals surface area (Å²) >= 11 is 0. The molecule has 0 aromatic heterocycles. The average Bonchev–Trinajstić information content (AvgIpc) is 3.03. The van der Waals surface area contributed by atoms with Gasteiger partial charge in [-0.05, 0) is 36.4 Å². The summed E-state index contributed by atoms with van der Waals surface area (Å²) in [6.45, 7) is 0. The van der Waals surface area contributed by atoms with Crippen molar-refractivity contribution in [2.45, 2.75) is 12.5 Å².